The van der Waals surface area contributed by atoms with Crippen molar-refractivity contribution in [3.8, 4) is 11.5 Å². The van der Waals surface area contributed by atoms with Crippen LogP contribution in [0.2, 0.25) is 5.02 Å². The minimum Gasteiger partial charge on any atom is -0.495 e. The number of benzene rings is 2. The van der Waals surface area contributed by atoms with Crippen LogP contribution in [0.15, 0.2) is 42.5 Å². The Morgan fingerprint density at radius 3 is 2.69 bits per heavy atom. The largest absolute Gasteiger partial charge is 0.495 e. The van der Waals surface area contributed by atoms with Gasteiger partial charge < -0.3 is 19.7 Å². The number of rotatable bonds is 7. The van der Waals surface area contributed by atoms with Gasteiger partial charge in [0.25, 0.3) is 5.91 Å². The molecule has 0 atom stereocenters. The molecule has 0 aliphatic carbocycles. The molecule has 2 aromatic rings. The van der Waals surface area contributed by atoms with Gasteiger partial charge in [-0.05, 0) is 30.3 Å². The average molecular weight is 381 g/mol. The monoisotopic (exact) mass is 380 g/mol. The summed E-state index contributed by atoms with van der Waals surface area (Å²) in [6.45, 7) is -0.505. The number of hydrogen-bond donors (Lipinski definition) is 1. The van der Waals surface area contributed by atoms with E-state index in [4.69, 9.17) is 21.1 Å². The summed E-state index contributed by atoms with van der Waals surface area (Å²) >= 11 is 5.91. The summed E-state index contributed by atoms with van der Waals surface area (Å²) in [6.07, 6.45) is 0. The zero-order chi connectivity index (χ0) is 19.1. The SMILES string of the molecule is COc1ccc(Cl)cc1NC(=O)CN(C)C(=O)COc1cccc(F)c1. The second kappa shape index (κ2) is 9.05. The van der Waals surface area contributed by atoms with E-state index in [1.165, 1.54) is 43.3 Å². The first-order valence-electron chi connectivity index (χ1n) is 7.64. The van der Waals surface area contributed by atoms with Gasteiger partial charge in [0, 0.05) is 18.1 Å². The van der Waals surface area contributed by atoms with E-state index in [0.717, 1.165) is 0 Å². The molecule has 2 aromatic carbocycles. The Balaban J connectivity index is 1.88. The topological polar surface area (TPSA) is 67.9 Å². The van der Waals surface area contributed by atoms with Crippen molar-refractivity contribution in [2.75, 3.05) is 32.6 Å². The minimum atomic E-state index is -0.460. The molecule has 6 nitrogen and oxygen atoms in total. The van der Waals surface area contributed by atoms with Crippen molar-refractivity contribution >= 4 is 29.1 Å². The zero-order valence-electron chi connectivity index (χ0n) is 14.3. The normalized spacial score (nSPS) is 10.2. The maximum absolute atomic E-state index is 13.1. The molecule has 0 saturated carbocycles. The molecule has 0 radical (unpaired) electrons. The molecule has 0 fully saturated rings. The number of halogens is 2. The van der Waals surface area contributed by atoms with Gasteiger partial charge in [-0.1, -0.05) is 17.7 Å². The number of nitrogens with one attached hydrogen (secondary N) is 1. The van der Waals surface area contributed by atoms with Gasteiger partial charge in [0.2, 0.25) is 5.91 Å². The number of amides is 2. The molecule has 2 amide bonds. The van der Waals surface area contributed by atoms with Crippen LogP contribution < -0.4 is 14.8 Å². The van der Waals surface area contributed by atoms with E-state index in [9.17, 15) is 14.0 Å². The second-order valence-corrected chi connectivity index (χ2v) is 5.83. The van der Waals surface area contributed by atoms with Gasteiger partial charge in [0.05, 0.1) is 19.3 Å². The fourth-order valence-corrected chi connectivity index (χ4v) is 2.26. The summed E-state index contributed by atoms with van der Waals surface area (Å²) in [5.74, 6) is -0.626. The fraction of sp³-hybridized carbons (Fsp3) is 0.222. The molecule has 0 saturated heterocycles. The molecule has 0 spiro atoms. The number of likely N-dealkylation sites (N-methyl/N-ethyl adjacent to an activating group) is 1. The highest BCUT2D eigenvalue weighted by molar-refractivity contribution is 6.31. The van der Waals surface area contributed by atoms with E-state index in [1.54, 1.807) is 18.2 Å². The van der Waals surface area contributed by atoms with E-state index in [-0.39, 0.29) is 18.9 Å². The number of carbonyl (C=O) groups excluding carboxylic acids is 2. The summed E-state index contributed by atoms with van der Waals surface area (Å²) in [7, 11) is 2.93. The lowest BCUT2D eigenvalue weighted by Gasteiger charge is -2.18. The van der Waals surface area contributed by atoms with Crippen LogP contribution in [0.5, 0.6) is 11.5 Å². The van der Waals surface area contributed by atoms with Crippen LogP contribution in [0.25, 0.3) is 0 Å². The molecule has 0 heterocycles. The van der Waals surface area contributed by atoms with Crippen LogP contribution in [0, 0.1) is 5.82 Å². The molecule has 0 aromatic heterocycles. The molecule has 8 heteroatoms. The van der Waals surface area contributed by atoms with Gasteiger partial charge >= 0.3 is 0 Å². The Labute approximate surface area is 155 Å². The second-order valence-electron chi connectivity index (χ2n) is 5.39. The predicted molar refractivity (Wildman–Crippen MR) is 96.2 cm³/mol. The highest BCUT2D eigenvalue weighted by Crippen LogP contribution is 2.27. The van der Waals surface area contributed by atoms with Gasteiger partial charge in [-0.2, -0.15) is 0 Å². The molecule has 0 aliphatic rings. The fourth-order valence-electron chi connectivity index (χ4n) is 2.08. The van der Waals surface area contributed by atoms with Crippen molar-refractivity contribution in [2.24, 2.45) is 0 Å². The van der Waals surface area contributed by atoms with E-state index >= 15 is 0 Å². The van der Waals surface area contributed by atoms with Crippen molar-refractivity contribution in [3.05, 3.63) is 53.3 Å². The first kappa shape index (κ1) is 19.5. The number of anilines is 1. The molecule has 2 rings (SSSR count). The van der Waals surface area contributed by atoms with Crippen LogP contribution in [-0.2, 0) is 9.59 Å². The lowest BCUT2D eigenvalue weighted by Crippen LogP contribution is -2.37. The Hall–Kier alpha value is -2.80. The highest BCUT2D eigenvalue weighted by Gasteiger charge is 2.15. The quantitative estimate of drug-likeness (QED) is 0.802. The first-order valence-corrected chi connectivity index (χ1v) is 8.02. The van der Waals surface area contributed by atoms with Gasteiger partial charge in [0.1, 0.15) is 17.3 Å². The van der Waals surface area contributed by atoms with Crippen LogP contribution in [0.1, 0.15) is 0 Å². The molecule has 0 aliphatic heterocycles. The van der Waals surface area contributed by atoms with Crippen molar-refractivity contribution in [1.82, 2.24) is 4.90 Å². The van der Waals surface area contributed by atoms with Gasteiger partial charge in [-0.3, -0.25) is 9.59 Å². The van der Waals surface area contributed by atoms with E-state index in [2.05, 4.69) is 5.32 Å². The van der Waals surface area contributed by atoms with Gasteiger partial charge in [-0.15, -0.1) is 0 Å². The summed E-state index contributed by atoms with van der Waals surface area (Å²) in [5, 5.41) is 3.08. The van der Waals surface area contributed by atoms with Gasteiger partial charge in [-0.25, -0.2) is 4.39 Å². The van der Waals surface area contributed by atoms with E-state index in [1.807, 2.05) is 0 Å². The van der Waals surface area contributed by atoms with Crippen molar-refractivity contribution < 1.29 is 23.5 Å². The molecule has 138 valence electrons. The van der Waals surface area contributed by atoms with Crippen LogP contribution in [-0.4, -0.2) is 44.0 Å². The first-order chi connectivity index (χ1) is 12.4. The van der Waals surface area contributed by atoms with Crippen LogP contribution in [0.3, 0.4) is 0 Å². The molecule has 1 N–H and O–H groups in total. The standard InChI is InChI=1S/C18H18ClFN2O4/c1-22(18(24)11-26-14-5-3-4-13(20)9-14)10-17(23)21-15-8-12(19)6-7-16(15)25-2/h3-9H,10-11H2,1-2H3,(H,21,23). The summed E-state index contributed by atoms with van der Waals surface area (Å²) < 4.78 is 23.4. The van der Waals surface area contributed by atoms with E-state index in [0.29, 0.717) is 16.5 Å². The Kier molecular flexibility index (Phi) is 6.80. The van der Waals surface area contributed by atoms with Crippen molar-refractivity contribution in [2.45, 2.75) is 0 Å². The number of ether oxygens (including phenoxy) is 2. The summed E-state index contributed by atoms with van der Waals surface area (Å²) in [5.41, 5.74) is 0.404. The smallest absolute Gasteiger partial charge is 0.260 e. The van der Waals surface area contributed by atoms with E-state index < -0.39 is 17.6 Å². The third kappa shape index (κ3) is 5.63. The summed E-state index contributed by atoms with van der Waals surface area (Å²) in [4.78, 5) is 25.4. The van der Waals surface area contributed by atoms with Crippen molar-refractivity contribution in [3.63, 3.8) is 0 Å². The maximum atomic E-state index is 13.1. The molecule has 0 bridgehead atoms. The van der Waals surface area contributed by atoms with Crippen LogP contribution >= 0.6 is 11.6 Å². The molecule has 26 heavy (non-hydrogen) atoms. The zero-order valence-corrected chi connectivity index (χ0v) is 15.0. The number of methoxy groups -OCH3 is 1. The lowest BCUT2D eigenvalue weighted by molar-refractivity contribution is -0.135. The third-order valence-electron chi connectivity index (χ3n) is 3.40. The number of nitrogens with zero attached hydrogens (tertiary/aromatic N) is 1. The third-order valence-corrected chi connectivity index (χ3v) is 3.64. The van der Waals surface area contributed by atoms with Crippen molar-refractivity contribution in [1.29, 1.82) is 0 Å². The highest BCUT2D eigenvalue weighted by atomic mass is 35.5. The summed E-state index contributed by atoms with van der Waals surface area (Å²) in [6, 6.07) is 10.3. The number of carbonyl (C=O) groups is 2. The minimum absolute atomic E-state index is 0.193. The average Bonchev–Trinajstić information content (AvgIpc) is 2.59. The Morgan fingerprint density at radius 2 is 2.00 bits per heavy atom. The maximum Gasteiger partial charge on any atom is 0.260 e. The Bertz CT molecular complexity index is 801. The number of hydrogen-bond acceptors (Lipinski definition) is 4. The van der Waals surface area contributed by atoms with Crippen LogP contribution in [0.4, 0.5) is 10.1 Å². The lowest BCUT2D eigenvalue weighted by atomic mass is 10.3. The Morgan fingerprint density at radius 1 is 1.23 bits per heavy atom. The molecular weight excluding hydrogens is 363 g/mol. The molecule has 0 unspecified atom stereocenters. The van der Waals surface area contributed by atoms with Gasteiger partial charge in [0.15, 0.2) is 6.61 Å². The molecular formula is C18H18ClFN2O4. The predicted octanol–water partition coefficient (Wildman–Crippen LogP) is 2.96.